The van der Waals surface area contributed by atoms with E-state index < -0.39 is 0 Å². The summed E-state index contributed by atoms with van der Waals surface area (Å²) < 4.78 is 19.0. The van der Waals surface area contributed by atoms with Crippen LogP contribution in [0.25, 0.3) is 0 Å². The lowest BCUT2D eigenvalue weighted by Gasteiger charge is -2.08. The minimum absolute atomic E-state index is 0.251. The maximum Gasteiger partial charge on any atom is 0.165 e. The Kier molecular flexibility index (Phi) is 3.95. The molecule has 2 N–H and O–H groups in total. The fourth-order valence-electron chi connectivity index (χ4n) is 1.71. The van der Waals surface area contributed by atoms with Crippen LogP contribution in [0, 0.1) is 12.7 Å². The molecule has 0 saturated heterocycles. The molecule has 0 aliphatic heterocycles. The van der Waals surface area contributed by atoms with Crippen LogP contribution in [0.4, 0.5) is 4.39 Å². The summed E-state index contributed by atoms with van der Waals surface area (Å²) in [4.78, 5) is 0. The second-order valence-corrected chi connectivity index (χ2v) is 4.22. The number of aryl methyl sites for hydroxylation is 1. The topological polar surface area (TPSA) is 35.2 Å². The Labute approximate surface area is 106 Å². The van der Waals surface area contributed by atoms with E-state index in [2.05, 4.69) is 0 Å². The Morgan fingerprint density at radius 3 is 2.50 bits per heavy atom. The molecule has 0 fully saturated rings. The zero-order valence-electron chi connectivity index (χ0n) is 10.3. The number of ether oxygens (including phenoxy) is 1. The first-order valence-corrected chi connectivity index (χ1v) is 5.92. The molecule has 2 rings (SSSR count). The van der Waals surface area contributed by atoms with Crippen LogP contribution in [-0.4, -0.2) is 6.54 Å². The standard InChI is InChI=1S/C15H16FNO/c1-11-2-7-14(16)15(10-11)18-13-5-3-12(4-6-13)8-9-17/h2-7,10H,8-9,17H2,1H3. The summed E-state index contributed by atoms with van der Waals surface area (Å²) in [5, 5.41) is 0. The van der Waals surface area contributed by atoms with Crippen molar-refractivity contribution in [3.8, 4) is 11.5 Å². The molecule has 18 heavy (non-hydrogen) atoms. The summed E-state index contributed by atoms with van der Waals surface area (Å²) in [7, 11) is 0. The first-order valence-electron chi connectivity index (χ1n) is 5.92. The molecule has 0 aliphatic carbocycles. The second-order valence-electron chi connectivity index (χ2n) is 4.22. The van der Waals surface area contributed by atoms with Crippen LogP contribution in [0.5, 0.6) is 11.5 Å². The van der Waals surface area contributed by atoms with Crippen molar-refractivity contribution in [1.29, 1.82) is 0 Å². The van der Waals surface area contributed by atoms with Crippen LogP contribution in [0.2, 0.25) is 0 Å². The minimum atomic E-state index is -0.355. The normalized spacial score (nSPS) is 10.4. The summed E-state index contributed by atoms with van der Waals surface area (Å²) in [6.45, 7) is 2.52. The molecule has 0 spiro atoms. The van der Waals surface area contributed by atoms with Gasteiger partial charge in [-0.3, -0.25) is 0 Å². The number of benzene rings is 2. The van der Waals surface area contributed by atoms with Crippen molar-refractivity contribution in [2.45, 2.75) is 13.3 Å². The molecule has 0 aliphatic rings. The van der Waals surface area contributed by atoms with E-state index >= 15 is 0 Å². The average molecular weight is 245 g/mol. The van der Waals surface area contributed by atoms with Gasteiger partial charge in [0.25, 0.3) is 0 Å². The number of hydrogen-bond donors (Lipinski definition) is 1. The third kappa shape index (κ3) is 3.08. The summed E-state index contributed by atoms with van der Waals surface area (Å²) in [5.74, 6) is 0.522. The van der Waals surface area contributed by atoms with E-state index in [-0.39, 0.29) is 11.6 Å². The summed E-state index contributed by atoms with van der Waals surface area (Å²) in [6, 6.07) is 12.3. The molecule has 3 heteroatoms. The third-order valence-electron chi connectivity index (χ3n) is 2.67. The maximum absolute atomic E-state index is 13.5. The highest BCUT2D eigenvalue weighted by atomic mass is 19.1. The van der Waals surface area contributed by atoms with Gasteiger partial charge in [0.05, 0.1) is 0 Å². The predicted molar refractivity (Wildman–Crippen MR) is 70.4 cm³/mol. The molecule has 0 radical (unpaired) electrons. The van der Waals surface area contributed by atoms with Crippen molar-refractivity contribution >= 4 is 0 Å². The zero-order valence-corrected chi connectivity index (χ0v) is 10.3. The Balaban J connectivity index is 2.15. The Morgan fingerprint density at radius 1 is 1.11 bits per heavy atom. The fraction of sp³-hybridized carbons (Fsp3) is 0.200. The lowest BCUT2D eigenvalue weighted by molar-refractivity contribution is 0.441. The first-order chi connectivity index (χ1) is 8.69. The monoisotopic (exact) mass is 245 g/mol. The van der Waals surface area contributed by atoms with Gasteiger partial charge in [0.1, 0.15) is 5.75 Å². The van der Waals surface area contributed by atoms with Gasteiger partial charge >= 0.3 is 0 Å². The first kappa shape index (κ1) is 12.6. The van der Waals surface area contributed by atoms with Crippen molar-refractivity contribution in [2.24, 2.45) is 5.73 Å². The molecule has 0 unspecified atom stereocenters. The van der Waals surface area contributed by atoms with Gasteiger partial charge in [0, 0.05) is 0 Å². The van der Waals surface area contributed by atoms with E-state index in [1.54, 1.807) is 12.1 Å². The summed E-state index contributed by atoms with van der Waals surface area (Å²) >= 11 is 0. The van der Waals surface area contributed by atoms with Crippen molar-refractivity contribution in [1.82, 2.24) is 0 Å². The molecule has 0 bridgehead atoms. The van der Waals surface area contributed by atoms with Crippen LogP contribution < -0.4 is 10.5 Å². The van der Waals surface area contributed by atoms with E-state index in [0.717, 1.165) is 17.5 Å². The SMILES string of the molecule is Cc1ccc(F)c(Oc2ccc(CCN)cc2)c1. The number of halogens is 1. The number of rotatable bonds is 4. The molecule has 0 saturated carbocycles. The molecule has 2 aromatic rings. The zero-order chi connectivity index (χ0) is 13.0. The predicted octanol–water partition coefficient (Wildman–Crippen LogP) is 3.43. The van der Waals surface area contributed by atoms with Gasteiger partial charge in [0.15, 0.2) is 11.6 Å². The second kappa shape index (κ2) is 5.65. The fourth-order valence-corrected chi connectivity index (χ4v) is 1.71. The molecule has 0 amide bonds. The maximum atomic E-state index is 13.5. The smallest absolute Gasteiger partial charge is 0.165 e. The van der Waals surface area contributed by atoms with Crippen LogP contribution >= 0.6 is 0 Å². The summed E-state index contributed by atoms with van der Waals surface area (Å²) in [6.07, 6.45) is 0.832. The highest BCUT2D eigenvalue weighted by Crippen LogP contribution is 2.25. The number of nitrogens with two attached hydrogens (primary N) is 1. The molecule has 2 aromatic carbocycles. The van der Waals surface area contributed by atoms with Crippen molar-refractivity contribution in [3.63, 3.8) is 0 Å². The van der Waals surface area contributed by atoms with Gasteiger partial charge in [0.2, 0.25) is 0 Å². The van der Waals surface area contributed by atoms with Gasteiger partial charge < -0.3 is 10.5 Å². The van der Waals surface area contributed by atoms with Crippen molar-refractivity contribution in [2.75, 3.05) is 6.54 Å². The lowest BCUT2D eigenvalue weighted by atomic mass is 10.1. The lowest BCUT2D eigenvalue weighted by Crippen LogP contribution is -2.02. The highest BCUT2D eigenvalue weighted by Gasteiger charge is 2.04. The van der Waals surface area contributed by atoms with Crippen LogP contribution in [0.1, 0.15) is 11.1 Å². The molecular formula is C15H16FNO. The molecule has 94 valence electrons. The molecule has 0 atom stereocenters. The summed E-state index contributed by atoms with van der Waals surface area (Å²) in [5.41, 5.74) is 7.59. The van der Waals surface area contributed by atoms with Gasteiger partial charge in [-0.25, -0.2) is 4.39 Å². The van der Waals surface area contributed by atoms with Gasteiger partial charge in [-0.05, 0) is 55.3 Å². The molecule has 2 nitrogen and oxygen atoms in total. The quantitative estimate of drug-likeness (QED) is 0.895. The van der Waals surface area contributed by atoms with Crippen molar-refractivity contribution in [3.05, 3.63) is 59.4 Å². The Bertz CT molecular complexity index is 523. The van der Waals surface area contributed by atoms with E-state index in [9.17, 15) is 4.39 Å². The van der Waals surface area contributed by atoms with Crippen LogP contribution in [0.15, 0.2) is 42.5 Å². The number of hydrogen-bond acceptors (Lipinski definition) is 2. The highest BCUT2D eigenvalue weighted by molar-refractivity contribution is 5.36. The van der Waals surface area contributed by atoms with E-state index in [1.165, 1.54) is 6.07 Å². The Morgan fingerprint density at radius 2 is 1.83 bits per heavy atom. The molecule has 0 heterocycles. The van der Waals surface area contributed by atoms with Crippen LogP contribution in [0.3, 0.4) is 0 Å². The largest absolute Gasteiger partial charge is 0.454 e. The van der Waals surface area contributed by atoms with Crippen LogP contribution in [-0.2, 0) is 6.42 Å². The van der Waals surface area contributed by atoms with E-state index in [1.807, 2.05) is 31.2 Å². The van der Waals surface area contributed by atoms with Gasteiger partial charge in [-0.15, -0.1) is 0 Å². The Hall–Kier alpha value is -1.87. The van der Waals surface area contributed by atoms with E-state index in [0.29, 0.717) is 12.3 Å². The molecule has 0 aromatic heterocycles. The van der Waals surface area contributed by atoms with Crippen molar-refractivity contribution < 1.29 is 9.13 Å². The van der Waals surface area contributed by atoms with Gasteiger partial charge in [-0.1, -0.05) is 18.2 Å². The minimum Gasteiger partial charge on any atom is -0.454 e. The third-order valence-corrected chi connectivity index (χ3v) is 2.67. The molecular weight excluding hydrogens is 229 g/mol. The van der Waals surface area contributed by atoms with E-state index in [4.69, 9.17) is 10.5 Å². The average Bonchev–Trinajstić information content (AvgIpc) is 2.37. The van der Waals surface area contributed by atoms with Gasteiger partial charge in [-0.2, -0.15) is 0 Å².